The molecule has 13 heteroatoms. The van der Waals surface area contributed by atoms with Crippen molar-refractivity contribution in [2.24, 2.45) is 7.05 Å². The van der Waals surface area contributed by atoms with E-state index in [-0.39, 0.29) is 35.9 Å². The maximum Gasteiger partial charge on any atom is 0.353 e. The van der Waals surface area contributed by atoms with Crippen molar-refractivity contribution in [3.8, 4) is 23.0 Å². The highest BCUT2D eigenvalue weighted by Gasteiger charge is 2.39. The van der Waals surface area contributed by atoms with Gasteiger partial charge in [0, 0.05) is 43.1 Å². The molecule has 5 rings (SSSR count). The van der Waals surface area contributed by atoms with Crippen molar-refractivity contribution >= 4 is 23.4 Å². The highest BCUT2D eigenvalue weighted by Crippen LogP contribution is 2.34. The Bertz CT molecular complexity index is 1700. The van der Waals surface area contributed by atoms with Crippen molar-refractivity contribution in [2.45, 2.75) is 26.3 Å². The van der Waals surface area contributed by atoms with E-state index in [1.807, 2.05) is 13.8 Å². The Morgan fingerprint density at radius 1 is 1.17 bits per heavy atom. The smallest absolute Gasteiger partial charge is 0.353 e. The molecule has 1 aliphatic rings. The van der Waals surface area contributed by atoms with E-state index in [2.05, 4.69) is 20.4 Å². The van der Waals surface area contributed by atoms with Gasteiger partial charge in [-0.25, -0.2) is 28.2 Å². The van der Waals surface area contributed by atoms with Crippen molar-refractivity contribution in [3.63, 3.8) is 0 Å². The van der Waals surface area contributed by atoms with Gasteiger partial charge in [0.1, 0.15) is 0 Å². The fourth-order valence-electron chi connectivity index (χ4n) is 4.81. The molecule has 0 saturated carbocycles. The van der Waals surface area contributed by atoms with Crippen molar-refractivity contribution in [1.82, 2.24) is 29.6 Å². The molecule has 0 radical (unpaired) electrons. The van der Waals surface area contributed by atoms with E-state index in [4.69, 9.17) is 4.74 Å². The molecule has 12 nitrogen and oxygen atoms in total. The van der Waals surface area contributed by atoms with Crippen LogP contribution in [0.5, 0.6) is 6.01 Å². The van der Waals surface area contributed by atoms with Gasteiger partial charge in [0.15, 0.2) is 11.6 Å². The van der Waals surface area contributed by atoms with Crippen LogP contribution in [0.1, 0.15) is 29.9 Å². The molecule has 0 aliphatic carbocycles. The Balaban J connectivity index is 1.52. The molecule has 1 aliphatic heterocycles. The lowest BCUT2D eigenvalue weighted by molar-refractivity contribution is 0.0963. The molecule has 1 aromatic carbocycles. The van der Waals surface area contributed by atoms with Crippen LogP contribution in [0.3, 0.4) is 0 Å². The van der Waals surface area contributed by atoms with E-state index >= 15 is 4.39 Å². The van der Waals surface area contributed by atoms with Gasteiger partial charge in [-0.1, -0.05) is 13.0 Å². The van der Waals surface area contributed by atoms with Crippen molar-refractivity contribution in [2.75, 3.05) is 30.5 Å². The number of aryl methyl sites for hydroxylation is 2. The number of rotatable bonds is 7. The lowest BCUT2D eigenvalue weighted by Crippen LogP contribution is -2.34. The summed E-state index contributed by atoms with van der Waals surface area (Å²) in [5.74, 6) is -1.07. The van der Waals surface area contributed by atoms with E-state index < -0.39 is 17.5 Å². The largest absolute Gasteiger partial charge is 0.467 e. The zero-order chi connectivity index (χ0) is 29.4. The number of carbonyl (C=O) groups excluding carboxylic acids is 2. The zero-order valence-corrected chi connectivity index (χ0v) is 23.3. The molecule has 3 amide bonds. The second kappa shape index (κ2) is 10.8. The summed E-state index contributed by atoms with van der Waals surface area (Å²) >= 11 is 0. The third kappa shape index (κ3) is 4.79. The SMILES string of the molecule is CCc1cc(-c2ccc(-n3c(OC)nn(C)c3=O)cn2)c(F)c(N2C[C@H](C)N(c3cccc(C(=O)NC)c3)C2=O)n1. The van der Waals surface area contributed by atoms with E-state index in [1.54, 1.807) is 42.5 Å². The highest BCUT2D eigenvalue weighted by atomic mass is 19.1. The van der Waals surface area contributed by atoms with Gasteiger partial charge in [-0.2, -0.15) is 0 Å². The Hall–Kier alpha value is -5.07. The summed E-state index contributed by atoms with van der Waals surface area (Å²) in [6.07, 6.45) is 1.92. The number of hydrogen-bond donors (Lipinski definition) is 1. The normalized spacial score (nSPS) is 15.0. The van der Waals surface area contributed by atoms with Gasteiger partial charge in [-0.3, -0.25) is 19.6 Å². The minimum absolute atomic E-state index is 0.0878. The first-order valence-electron chi connectivity index (χ1n) is 13.0. The molecular formula is C28H29FN8O4. The molecule has 1 N–H and O–H groups in total. The van der Waals surface area contributed by atoms with Gasteiger partial charge < -0.3 is 10.1 Å². The number of amides is 3. The number of anilines is 2. The number of pyridine rings is 2. The second-order valence-electron chi connectivity index (χ2n) is 9.52. The predicted molar refractivity (Wildman–Crippen MR) is 150 cm³/mol. The van der Waals surface area contributed by atoms with Crippen LogP contribution in [-0.2, 0) is 13.5 Å². The van der Waals surface area contributed by atoms with Crippen LogP contribution in [-0.4, -0.2) is 63.0 Å². The molecule has 41 heavy (non-hydrogen) atoms. The molecule has 0 unspecified atom stereocenters. The first-order chi connectivity index (χ1) is 19.7. The topological polar surface area (TPSA) is 127 Å². The Morgan fingerprint density at radius 2 is 1.95 bits per heavy atom. The fraction of sp³-hybridized carbons (Fsp3) is 0.286. The molecule has 0 bridgehead atoms. The summed E-state index contributed by atoms with van der Waals surface area (Å²) in [5, 5.41) is 6.60. The predicted octanol–water partition coefficient (Wildman–Crippen LogP) is 2.93. The highest BCUT2D eigenvalue weighted by molar-refractivity contribution is 6.07. The van der Waals surface area contributed by atoms with E-state index in [0.29, 0.717) is 34.7 Å². The average Bonchev–Trinajstić information content (AvgIpc) is 3.45. The summed E-state index contributed by atoms with van der Waals surface area (Å²) in [4.78, 5) is 50.0. The quantitative estimate of drug-likeness (QED) is 0.368. The van der Waals surface area contributed by atoms with Gasteiger partial charge >= 0.3 is 17.7 Å². The van der Waals surface area contributed by atoms with Crippen molar-refractivity contribution in [3.05, 3.63) is 76.2 Å². The van der Waals surface area contributed by atoms with Crippen LogP contribution in [0.15, 0.2) is 53.5 Å². The third-order valence-electron chi connectivity index (χ3n) is 6.91. The second-order valence-corrected chi connectivity index (χ2v) is 9.52. The number of urea groups is 1. The number of halogens is 1. The van der Waals surface area contributed by atoms with Gasteiger partial charge in [0.05, 0.1) is 30.7 Å². The number of hydrogen-bond acceptors (Lipinski definition) is 7. The standard InChI is InChI=1S/C28H29FN8O4/c1-6-18-13-21(22-11-10-20(14-31-22)37-26(41-5)33-34(4)27(37)39)23(29)24(32-18)35-15-16(2)36(28(35)40)19-9-7-8-17(12-19)25(38)30-3/h7-14,16H,6,15H2,1-5H3,(H,30,38)/t16-/m0/s1. The van der Waals surface area contributed by atoms with E-state index in [1.165, 1.54) is 41.8 Å². The molecule has 1 atom stereocenters. The van der Waals surface area contributed by atoms with Crippen molar-refractivity contribution < 1.29 is 18.7 Å². The van der Waals surface area contributed by atoms with E-state index in [9.17, 15) is 14.4 Å². The fourth-order valence-corrected chi connectivity index (χ4v) is 4.81. The van der Waals surface area contributed by atoms with Crippen LogP contribution < -0.4 is 25.5 Å². The van der Waals surface area contributed by atoms with E-state index in [0.717, 1.165) is 4.68 Å². The number of aromatic nitrogens is 5. The maximum absolute atomic E-state index is 16.1. The van der Waals surface area contributed by atoms with Gasteiger partial charge in [-0.05, 0) is 49.7 Å². The van der Waals surface area contributed by atoms with Gasteiger partial charge in [0.25, 0.3) is 5.91 Å². The molecule has 4 aromatic rings. The van der Waals surface area contributed by atoms with Gasteiger partial charge in [0.2, 0.25) is 0 Å². The molecule has 0 spiro atoms. The van der Waals surface area contributed by atoms with Crippen LogP contribution >= 0.6 is 0 Å². The van der Waals surface area contributed by atoms with Crippen LogP contribution in [0.4, 0.5) is 20.7 Å². The average molecular weight is 561 g/mol. The molecule has 1 fully saturated rings. The number of carbonyl (C=O) groups is 2. The number of nitrogens with zero attached hydrogens (tertiary/aromatic N) is 7. The zero-order valence-electron chi connectivity index (χ0n) is 23.3. The van der Waals surface area contributed by atoms with Gasteiger partial charge in [-0.15, -0.1) is 5.10 Å². The summed E-state index contributed by atoms with van der Waals surface area (Å²) in [6, 6.07) is 10.8. The molecule has 4 heterocycles. The Kier molecular flexibility index (Phi) is 7.26. The minimum Gasteiger partial charge on any atom is -0.467 e. The Morgan fingerprint density at radius 3 is 2.61 bits per heavy atom. The number of benzene rings is 1. The summed E-state index contributed by atoms with van der Waals surface area (Å²) in [7, 11) is 4.44. The first kappa shape index (κ1) is 27.5. The van der Waals surface area contributed by atoms with Crippen LogP contribution in [0.25, 0.3) is 16.9 Å². The van der Waals surface area contributed by atoms with Crippen molar-refractivity contribution in [1.29, 1.82) is 0 Å². The third-order valence-corrected chi connectivity index (χ3v) is 6.91. The monoisotopic (exact) mass is 560 g/mol. The lowest BCUT2D eigenvalue weighted by Gasteiger charge is -2.22. The maximum atomic E-state index is 16.1. The van der Waals surface area contributed by atoms with Crippen LogP contribution in [0, 0.1) is 5.82 Å². The molecule has 3 aromatic heterocycles. The van der Waals surface area contributed by atoms with Crippen LogP contribution in [0.2, 0.25) is 0 Å². The first-order valence-corrected chi connectivity index (χ1v) is 13.0. The lowest BCUT2D eigenvalue weighted by atomic mass is 10.1. The Labute approximate surface area is 235 Å². The minimum atomic E-state index is -0.694. The molecule has 212 valence electrons. The number of methoxy groups -OCH3 is 1. The number of ether oxygens (including phenoxy) is 1. The summed E-state index contributed by atoms with van der Waals surface area (Å²) in [5.41, 5.74) is 1.95. The summed E-state index contributed by atoms with van der Waals surface area (Å²) in [6.45, 7) is 3.92. The molecular weight excluding hydrogens is 531 g/mol. The number of nitrogens with one attached hydrogen (secondary N) is 1. The summed E-state index contributed by atoms with van der Waals surface area (Å²) < 4.78 is 23.7. The molecule has 1 saturated heterocycles.